The van der Waals surface area contributed by atoms with Crippen LogP contribution in [0.25, 0.3) is 0 Å². The molecule has 17 heavy (non-hydrogen) atoms. The van der Waals surface area contributed by atoms with E-state index in [0.29, 0.717) is 11.6 Å². The van der Waals surface area contributed by atoms with Gasteiger partial charge >= 0.3 is 0 Å². The van der Waals surface area contributed by atoms with Gasteiger partial charge in [0.25, 0.3) is 0 Å². The van der Waals surface area contributed by atoms with Crippen LogP contribution < -0.4 is 5.73 Å². The summed E-state index contributed by atoms with van der Waals surface area (Å²) in [6.45, 7) is 6.27. The van der Waals surface area contributed by atoms with E-state index in [2.05, 4.69) is 25.9 Å². The Hall–Kier alpha value is -1.35. The number of nitrogens with zero attached hydrogens (tertiary/aromatic N) is 1. The molecule has 0 unspecified atom stereocenters. The first-order chi connectivity index (χ1) is 7.82. The van der Waals surface area contributed by atoms with E-state index in [4.69, 9.17) is 5.73 Å². The highest BCUT2D eigenvalue weighted by Gasteiger charge is 2.12. The van der Waals surface area contributed by atoms with E-state index in [0.717, 1.165) is 17.5 Å². The third-order valence-electron chi connectivity index (χ3n) is 3.36. The largest absolute Gasteiger partial charge is 0.366 e. The lowest BCUT2D eigenvalue weighted by Gasteiger charge is -2.22. The standard InChI is InChI=1S/C14H22N2O/c1-9-6-12(14(15)17)7-10(2)13(9)8-11(3)16(4)5/h6-7,11H,8H2,1-5H3,(H2,15,17)/t11-/m0/s1. The fourth-order valence-electron chi connectivity index (χ4n) is 1.94. The first-order valence-corrected chi connectivity index (χ1v) is 5.89. The van der Waals surface area contributed by atoms with E-state index >= 15 is 0 Å². The van der Waals surface area contributed by atoms with E-state index in [1.54, 1.807) is 0 Å². The second kappa shape index (κ2) is 5.32. The van der Waals surface area contributed by atoms with Gasteiger partial charge in [-0.1, -0.05) is 0 Å². The molecule has 0 saturated heterocycles. The van der Waals surface area contributed by atoms with E-state index in [9.17, 15) is 4.79 Å². The van der Waals surface area contributed by atoms with Crippen LogP contribution in [0.1, 0.15) is 34.0 Å². The van der Waals surface area contributed by atoms with Gasteiger partial charge < -0.3 is 10.6 Å². The van der Waals surface area contributed by atoms with Crippen molar-refractivity contribution in [1.82, 2.24) is 4.90 Å². The van der Waals surface area contributed by atoms with Crippen LogP contribution in [0, 0.1) is 13.8 Å². The van der Waals surface area contributed by atoms with Crippen LogP contribution >= 0.6 is 0 Å². The maximum atomic E-state index is 11.2. The highest BCUT2D eigenvalue weighted by molar-refractivity contribution is 5.93. The maximum absolute atomic E-state index is 11.2. The van der Waals surface area contributed by atoms with Gasteiger partial charge in [0.1, 0.15) is 0 Å². The van der Waals surface area contributed by atoms with Crippen molar-refractivity contribution in [2.75, 3.05) is 14.1 Å². The number of benzene rings is 1. The van der Waals surface area contributed by atoms with Crippen LogP contribution in [0.15, 0.2) is 12.1 Å². The van der Waals surface area contributed by atoms with Gasteiger partial charge in [0.2, 0.25) is 5.91 Å². The highest BCUT2D eigenvalue weighted by Crippen LogP contribution is 2.19. The smallest absolute Gasteiger partial charge is 0.248 e. The number of likely N-dealkylation sites (N-methyl/N-ethyl adjacent to an activating group) is 1. The molecule has 0 aliphatic rings. The molecule has 0 aromatic heterocycles. The van der Waals surface area contributed by atoms with Gasteiger partial charge in [0.05, 0.1) is 0 Å². The van der Waals surface area contributed by atoms with Crippen molar-refractivity contribution >= 4 is 5.91 Å². The third kappa shape index (κ3) is 3.30. The normalized spacial score (nSPS) is 12.8. The number of hydrogen-bond donors (Lipinski definition) is 1. The quantitative estimate of drug-likeness (QED) is 0.865. The number of hydrogen-bond acceptors (Lipinski definition) is 2. The van der Waals surface area contributed by atoms with Crippen molar-refractivity contribution < 1.29 is 4.79 Å². The van der Waals surface area contributed by atoms with E-state index in [-0.39, 0.29) is 5.91 Å². The molecule has 1 aromatic carbocycles. The Balaban J connectivity index is 3.06. The van der Waals surface area contributed by atoms with E-state index < -0.39 is 0 Å². The average Bonchev–Trinajstić information content (AvgIpc) is 2.22. The molecular weight excluding hydrogens is 212 g/mol. The number of carbonyl (C=O) groups excluding carboxylic acids is 1. The van der Waals surface area contributed by atoms with Gasteiger partial charge in [-0.15, -0.1) is 0 Å². The summed E-state index contributed by atoms with van der Waals surface area (Å²) in [5, 5.41) is 0. The van der Waals surface area contributed by atoms with Crippen LogP contribution in [0.5, 0.6) is 0 Å². The third-order valence-corrected chi connectivity index (χ3v) is 3.36. The van der Waals surface area contributed by atoms with Crippen molar-refractivity contribution in [3.05, 3.63) is 34.4 Å². The Bertz CT molecular complexity index is 401. The summed E-state index contributed by atoms with van der Waals surface area (Å²) in [5.41, 5.74) is 9.51. The zero-order valence-corrected chi connectivity index (χ0v) is 11.4. The molecule has 0 heterocycles. The molecule has 0 saturated carbocycles. The average molecular weight is 234 g/mol. The zero-order chi connectivity index (χ0) is 13.2. The molecule has 1 rings (SSSR count). The summed E-state index contributed by atoms with van der Waals surface area (Å²) in [6, 6.07) is 4.24. The predicted molar refractivity (Wildman–Crippen MR) is 71.3 cm³/mol. The molecule has 3 nitrogen and oxygen atoms in total. The number of primary amides is 1. The second-order valence-electron chi connectivity index (χ2n) is 4.97. The van der Waals surface area contributed by atoms with Gasteiger partial charge in [-0.3, -0.25) is 4.79 Å². The Morgan fingerprint density at radius 3 is 2.12 bits per heavy atom. The first-order valence-electron chi connectivity index (χ1n) is 5.89. The Kier molecular flexibility index (Phi) is 4.29. The van der Waals surface area contributed by atoms with Gasteiger partial charge in [0.15, 0.2) is 0 Å². The Morgan fingerprint density at radius 1 is 1.29 bits per heavy atom. The number of amides is 1. The predicted octanol–water partition coefficient (Wildman–Crippen LogP) is 1.89. The van der Waals surface area contributed by atoms with Gasteiger partial charge in [-0.05, 0) is 70.1 Å². The molecule has 2 N–H and O–H groups in total. The lowest BCUT2D eigenvalue weighted by molar-refractivity contribution is 0.1000. The SMILES string of the molecule is Cc1cc(C(N)=O)cc(C)c1C[C@H](C)N(C)C. The molecule has 0 fully saturated rings. The van der Waals surface area contributed by atoms with Crippen LogP contribution in [0.2, 0.25) is 0 Å². The van der Waals surface area contributed by atoms with Crippen molar-refractivity contribution in [2.24, 2.45) is 5.73 Å². The molecule has 0 bridgehead atoms. The first kappa shape index (κ1) is 13.7. The number of carbonyl (C=O) groups is 1. The van der Waals surface area contributed by atoms with Gasteiger partial charge in [-0.2, -0.15) is 0 Å². The second-order valence-corrected chi connectivity index (χ2v) is 4.97. The molecule has 1 amide bonds. The molecule has 1 atom stereocenters. The van der Waals surface area contributed by atoms with Crippen LogP contribution in [0.3, 0.4) is 0 Å². The molecule has 0 radical (unpaired) electrons. The van der Waals surface area contributed by atoms with Crippen molar-refractivity contribution in [3.8, 4) is 0 Å². The summed E-state index contributed by atoms with van der Waals surface area (Å²) in [6.07, 6.45) is 0.990. The molecule has 3 heteroatoms. The summed E-state index contributed by atoms with van der Waals surface area (Å²) in [7, 11) is 4.15. The Labute approximate surface area is 104 Å². The number of aryl methyl sites for hydroxylation is 2. The minimum atomic E-state index is -0.358. The van der Waals surface area contributed by atoms with Crippen LogP contribution in [-0.2, 0) is 6.42 Å². The van der Waals surface area contributed by atoms with E-state index in [1.165, 1.54) is 5.56 Å². The van der Waals surface area contributed by atoms with Crippen molar-refractivity contribution in [2.45, 2.75) is 33.2 Å². The van der Waals surface area contributed by atoms with E-state index in [1.807, 2.05) is 26.0 Å². The molecule has 0 aliphatic heterocycles. The molecular formula is C14H22N2O. The minimum absolute atomic E-state index is 0.358. The summed E-state index contributed by atoms with van der Waals surface area (Å²) >= 11 is 0. The lowest BCUT2D eigenvalue weighted by Crippen LogP contribution is -2.27. The minimum Gasteiger partial charge on any atom is -0.366 e. The zero-order valence-electron chi connectivity index (χ0n) is 11.4. The fourth-order valence-corrected chi connectivity index (χ4v) is 1.94. The summed E-state index contributed by atoms with van der Waals surface area (Å²) < 4.78 is 0. The van der Waals surface area contributed by atoms with Gasteiger partial charge in [0, 0.05) is 11.6 Å². The molecule has 94 valence electrons. The van der Waals surface area contributed by atoms with Crippen LogP contribution in [-0.4, -0.2) is 30.9 Å². The van der Waals surface area contributed by atoms with Crippen LogP contribution in [0.4, 0.5) is 0 Å². The van der Waals surface area contributed by atoms with Gasteiger partial charge in [-0.25, -0.2) is 0 Å². The number of rotatable bonds is 4. The molecule has 0 aliphatic carbocycles. The highest BCUT2D eigenvalue weighted by atomic mass is 16.1. The van der Waals surface area contributed by atoms with Crippen molar-refractivity contribution in [1.29, 1.82) is 0 Å². The Morgan fingerprint density at radius 2 is 1.76 bits per heavy atom. The maximum Gasteiger partial charge on any atom is 0.248 e. The lowest BCUT2D eigenvalue weighted by atomic mass is 9.94. The van der Waals surface area contributed by atoms with Crippen molar-refractivity contribution in [3.63, 3.8) is 0 Å². The summed E-state index contributed by atoms with van der Waals surface area (Å²) in [5.74, 6) is -0.358. The summed E-state index contributed by atoms with van der Waals surface area (Å²) in [4.78, 5) is 13.4. The fraction of sp³-hybridized carbons (Fsp3) is 0.500. The monoisotopic (exact) mass is 234 g/mol. The topological polar surface area (TPSA) is 46.3 Å². The number of nitrogens with two attached hydrogens (primary N) is 1. The molecule has 0 spiro atoms. The molecule has 1 aromatic rings.